The Morgan fingerprint density at radius 3 is 2.40 bits per heavy atom. The summed E-state index contributed by atoms with van der Waals surface area (Å²) in [7, 11) is -3.82. The minimum absolute atomic E-state index is 0.0736. The topological polar surface area (TPSA) is 99.6 Å². The molecule has 25 heavy (non-hydrogen) atoms. The number of anilines is 1. The number of ether oxygens (including phenoxy) is 3. The molecule has 0 atom stereocenters. The zero-order chi connectivity index (χ0) is 18.0. The highest BCUT2D eigenvalue weighted by Gasteiger charge is 2.22. The zero-order valence-electron chi connectivity index (χ0n) is 14.2. The highest BCUT2D eigenvalue weighted by atomic mass is 32.2. The smallest absolute Gasteiger partial charge is 0.316 e. The third-order valence-corrected chi connectivity index (χ3v) is 4.93. The molecule has 134 valence electrons. The molecule has 0 amide bonds. The molecule has 9 heteroatoms. The van der Waals surface area contributed by atoms with E-state index in [0.717, 1.165) is 0 Å². The molecule has 0 radical (unpaired) electrons. The monoisotopic (exact) mass is 365 g/mol. The van der Waals surface area contributed by atoms with Crippen LogP contribution in [0, 0.1) is 13.8 Å². The van der Waals surface area contributed by atoms with Crippen LogP contribution in [-0.4, -0.2) is 38.2 Å². The Hall–Kier alpha value is -2.55. The van der Waals surface area contributed by atoms with Crippen molar-refractivity contribution in [1.29, 1.82) is 0 Å². The van der Waals surface area contributed by atoms with Gasteiger partial charge in [0.25, 0.3) is 10.0 Å². The number of aromatic nitrogens is 2. The maximum absolute atomic E-state index is 12.7. The Kier molecular flexibility index (Phi) is 4.67. The fourth-order valence-electron chi connectivity index (χ4n) is 2.41. The molecule has 3 rings (SSSR count). The van der Waals surface area contributed by atoms with Gasteiger partial charge in [0.1, 0.15) is 13.2 Å². The van der Waals surface area contributed by atoms with E-state index in [-0.39, 0.29) is 10.9 Å². The van der Waals surface area contributed by atoms with Gasteiger partial charge < -0.3 is 14.2 Å². The SMILES string of the molecule is CCOc1nc(C)c(NS(=O)(=O)c2ccc3c(c2)OCCO3)c(C)n1. The van der Waals surface area contributed by atoms with Crippen molar-refractivity contribution in [1.82, 2.24) is 9.97 Å². The van der Waals surface area contributed by atoms with Crippen molar-refractivity contribution in [2.45, 2.75) is 25.7 Å². The molecule has 1 aliphatic rings. The predicted molar refractivity (Wildman–Crippen MR) is 90.9 cm³/mol. The normalized spacial score (nSPS) is 13.4. The first-order chi connectivity index (χ1) is 11.9. The standard InChI is InChI=1S/C16H19N3O5S/c1-4-22-16-17-10(2)15(11(3)18-16)19-25(20,21)12-5-6-13-14(9-12)24-8-7-23-13/h5-6,9,19H,4,7-8H2,1-3H3. The van der Waals surface area contributed by atoms with E-state index in [1.807, 2.05) is 6.92 Å². The van der Waals surface area contributed by atoms with Crippen LogP contribution >= 0.6 is 0 Å². The third kappa shape index (κ3) is 3.60. The number of aryl methyl sites for hydroxylation is 2. The first kappa shape index (κ1) is 17.3. The fraction of sp³-hybridized carbons (Fsp3) is 0.375. The molecule has 8 nitrogen and oxygen atoms in total. The largest absolute Gasteiger partial charge is 0.486 e. The van der Waals surface area contributed by atoms with Crippen molar-refractivity contribution in [3.05, 3.63) is 29.6 Å². The number of nitrogens with zero attached hydrogens (tertiary/aromatic N) is 2. The minimum Gasteiger partial charge on any atom is -0.486 e. The Balaban J connectivity index is 1.92. The van der Waals surface area contributed by atoms with E-state index in [1.165, 1.54) is 12.1 Å². The summed E-state index contributed by atoms with van der Waals surface area (Å²) in [4.78, 5) is 8.41. The van der Waals surface area contributed by atoms with Crippen molar-refractivity contribution in [3.63, 3.8) is 0 Å². The molecule has 0 aliphatic carbocycles. The second-order valence-corrected chi connectivity index (χ2v) is 7.08. The van der Waals surface area contributed by atoms with Gasteiger partial charge in [-0.2, -0.15) is 9.97 Å². The Morgan fingerprint density at radius 2 is 1.76 bits per heavy atom. The van der Waals surface area contributed by atoms with Crippen molar-refractivity contribution in [2.24, 2.45) is 0 Å². The van der Waals surface area contributed by atoms with Gasteiger partial charge in [-0.15, -0.1) is 0 Å². The second-order valence-electron chi connectivity index (χ2n) is 5.40. The molecule has 2 aromatic rings. The number of nitrogens with one attached hydrogen (secondary N) is 1. The molecule has 0 fully saturated rings. The molecule has 0 spiro atoms. The van der Waals surface area contributed by atoms with E-state index in [9.17, 15) is 8.42 Å². The summed E-state index contributed by atoms with van der Waals surface area (Å²) < 4.78 is 44.1. The fourth-order valence-corrected chi connectivity index (χ4v) is 3.60. The average Bonchev–Trinajstić information content (AvgIpc) is 2.58. The number of hydrogen-bond donors (Lipinski definition) is 1. The second kappa shape index (κ2) is 6.75. The van der Waals surface area contributed by atoms with E-state index < -0.39 is 10.0 Å². The van der Waals surface area contributed by atoms with Gasteiger partial charge >= 0.3 is 6.01 Å². The quantitative estimate of drug-likeness (QED) is 0.866. The van der Waals surface area contributed by atoms with Gasteiger partial charge in [0, 0.05) is 6.07 Å². The lowest BCUT2D eigenvalue weighted by Gasteiger charge is -2.19. The molecule has 1 aromatic heterocycles. The van der Waals surface area contributed by atoms with E-state index in [1.54, 1.807) is 19.9 Å². The van der Waals surface area contributed by atoms with Crippen molar-refractivity contribution < 1.29 is 22.6 Å². The van der Waals surface area contributed by atoms with Gasteiger partial charge in [0.05, 0.1) is 28.6 Å². The van der Waals surface area contributed by atoms with Gasteiger partial charge in [0.2, 0.25) is 0 Å². The zero-order valence-corrected chi connectivity index (χ0v) is 15.0. The summed E-state index contributed by atoms with van der Waals surface area (Å²) >= 11 is 0. The van der Waals surface area contributed by atoms with E-state index in [4.69, 9.17) is 14.2 Å². The lowest BCUT2D eigenvalue weighted by Crippen LogP contribution is -2.18. The van der Waals surface area contributed by atoms with Crippen LogP contribution in [0.2, 0.25) is 0 Å². The molecule has 1 N–H and O–H groups in total. The molecule has 1 aromatic carbocycles. The molecule has 0 bridgehead atoms. The number of hydrogen-bond acceptors (Lipinski definition) is 7. The Bertz CT molecular complexity index is 876. The van der Waals surface area contributed by atoms with Crippen molar-refractivity contribution in [2.75, 3.05) is 24.5 Å². The summed E-state index contributed by atoms with van der Waals surface area (Å²) in [6, 6.07) is 4.71. The number of rotatable bonds is 5. The van der Waals surface area contributed by atoms with Crippen molar-refractivity contribution in [3.8, 4) is 17.5 Å². The Labute approximate surface area is 146 Å². The predicted octanol–water partition coefficient (Wildman–Crippen LogP) is 2.06. The van der Waals surface area contributed by atoms with Crippen molar-refractivity contribution >= 4 is 15.7 Å². The number of fused-ring (bicyclic) bond motifs is 1. The van der Waals surface area contributed by atoms with Gasteiger partial charge in [0.15, 0.2) is 11.5 Å². The summed E-state index contributed by atoms with van der Waals surface area (Å²) in [5, 5.41) is 0. The van der Waals surface area contributed by atoms with Crippen LogP contribution < -0.4 is 18.9 Å². The van der Waals surface area contributed by atoms with Crippen LogP contribution in [0.25, 0.3) is 0 Å². The van der Waals surface area contributed by atoms with Crippen LogP contribution in [0.15, 0.2) is 23.1 Å². The first-order valence-electron chi connectivity index (χ1n) is 7.81. The molecular weight excluding hydrogens is 346 g/mol. The molecule has 0 unspecified atom stereocenters. The van der Waals surface area contributed by atoms with Crippen LogP contribution in [0.4, 0.5) is 5.69 Å². The summed E-state index contributed by atoms with van der Waals surface area (Å²) in [6.45, 7) is 6.47. The van der Waals surface area contributed by atoms with Gasteiger partial charge in [-0.25, -0.2) is 8.42 Å². The average molecular weight is 365 g/mol. The van der Waals surface area contributed by atoms with Gasteiger partial charge in [-0.3, -0.25) is 4.72 Å². The number of benzene rings is 1. The molecule has 0 saturated heterocycles. The molecule has 2 heterocycles. The lowest BCUT2D eigenvalue weighted by atomic mass is 10.3. The molecular formula is C16H19N3O5S. The van der Waals surface area contributed by atoms with Crippen LogP contribution in [0.3, 0.4) is 0 Å². The first-order valence-corrected chi connectivity index (χ1v) is 9.29. The van der Waals surface area contributed by atoms with Crippen LogP contribution in [0.1, 0.15) is 18.3 Å². The summed E-state index contributed by atoms with van der Waals surface area (Å²) in [5.74, 6) is 0.937. The van der Waals surface area contributed by atoms with Gasteiger partial charge in [-0.1, -0.05) is 0 Å². The summed E-state index contributed by atoms with van der Waals surface area (Å²) in [5.41, 5.74) is 1.30. The van der Waals surface area contributed by atoms with Gasteiger partial charge in [-0.05, 0) is 32.9 Å². The van der Waals surface area contributed by atoms with E-state index in [2.05, 4.69) is 14.7 Å². The van der Waals surface area contributed by atoms with E-state index >= 15 is 0 Å². The van der Waals surface area contributed by atoms with Crippen LogP contribution in [0.5, 0.6) is 17.5 Å². The van der Waals surface area contributed by atoms with Crippen LogP contribution in [-0.2, 0) is 10.0 Å². The highest BCUT2D eigenvalue weighted by molar-refractivity contribution is 7.92. The minimum atomic E-state index is -3.82. The Morgan fingerprint density at radius 1 is 1.12 bits per heavy atom. The number of sulfonamides is 1. The lowest BCUT2D eigenvalue weighted by molar-refractivity contribution is 0.171. The van der Waals surface area contributed by atoms with E-state index in [0.29, 0.717) is 48.4 Å². The highest BCUT2D eigenvalue weighted by Crippen LogP contribution is 2.33. The summed E-state index contributed by atoms with van der Waals surface area (Å²) in [6.07, 6.45) is 0. The molecule has 1 aliphatic heterocycles. The maximum Gasteiger partial charge on any atom is 0.316 e. The maximum atomic E-state index is 12.7. The molecule has 0 saturated carbocycles. The third-order valence-electron chi connectivity index (χ3n) is 3.58.